The molecule has 0 amide bonds. The van der Waals surface area contributed by atoms with E-state index in [1.54, 1.807) is 18.2 Å². The third kappa shape index (κ3) is 3.53. The Morgan fingerprint density at radius 3 is 2.50 bits per heavy atom. The van der Waals surface area contributed by atoms with Crippen LogP contribution >= 0.6 is 11.6 Å². The van der Waals surface area contributed by atoms with Crippen molar-refractivity contribution in [2.45, 2.75) is 6.61 Å². The monoisotopic (exact) mass is 271 g/mol. The van der Waals surface area contributed by atoms with Gasteiger partial charge in [-0.15, -0.1) is 0 Å². The van der Waals surface area contributed by atoms with E-state index in [2.05, 4.69) is 20.0 Å². The number of alkyl halides is 2. The Kier molecular flexibility index (Phi) is 3.88. The molecule has 0 fully saturated rings. The van der Waals surface area contributed by atoms with Crippen molar-refractivity contribution in [1.29, 1.82) is 0 Å². The van der Waals surface area contributed by atoms with Gasteiger partial charge in [0.1, 0.15) is 11.6 Å². The lowest BCUT2D eigenvalue weighted by molar-refractivity contribution is -0.0498. The Balaban J connectivity index is 2.06. The molecule has 1 N–H and O–H groups in total. The molecule has 2 aromatic rings. The van der Waals surface area contributed by atoms with Gasteiger partial charge < -0.3 is 10.1 Å². The number of anilines is 2. The van der Waals surface area contributed by atoms with Crippen molar-refractivity contribution in [3.63, 3.8) is 0 Å². The number of nitrogens with zero attached hydrogens (tertiary/aromatic N) is 2. The van der Waals surface area contributed by atoms with Gasteiger partial charge in [-0.1, -0.05) is 0 Å². The molecule has 94 valence electrons. The van der Waals surface area contributed by atoms with Crippen molar-refractivity contribution >= 4 is 23.1 Å². The van der Waals surface area contributed by atoms with Gasteiger partial charge in [0, 0.05) is 11.9 Å². The Morgan fingerprint density at radius 2 is 1.89 bits per heavy atom. The molecule has 1 aromatic heterocycles. The summed E-state index contributed by atoms with van der Waals surface area (Å²) in [4.78, 5) is 7.67. The van der Waals surface area contributed by atoms with Crippen LogP contribution in [-0.2, 0) is 0 Å². The highest BCUT2D eigenvalue weighted by Gasteiger charge is 2.04. The van der Waals surface area contributed by atoms with E-state index < -0.39 is 6.61 Å². The summed E-state index contributed by atoms with van der Waals surface area (Å²) in [5.74, 6) is 0.605. The van der Waals surface area contributed by atoms with Crippen LogP contribution in [0.4, 0.5) is 20.3 Å². The molecule has 0 spiro atoms. The smallest absolute Gasteiger partial charge is 0.387 e. The zero-order valence-electron chi connectivity index (χ0n) is 8.98. The predicted octanol–water partition coefficient (Wildman–Crippen LogP) is 3.48. The van der Waals surface area contributed by atoms with Gasteiger partial charge in [-0.3, -0.25) is 0 Å². The topological polar surface area (TPSA) is 47.0 Å². The summed E-state index contributed by atoms with van der Waals surface area (Å²) < 4.78 is 28.1. The number of hydrogen-bond donors (Lipinski definition) is 1. The molecule has 0 aliphatic heterocycles. The molecular weight excluding hydrogens is 264 g/mol. The average Bonchev–Trinajstić information content (AvgIpc) is 2.31. The molecule has 0 saturated carbocycles. The maximum atomic E-state index is 11.9. The average molecular weight is 272 g/mol. The van der Waals surface area contributed by atoms with Crippen LogP contribution in [0.5, 0.6) is 5.75 Å². The number of nitrogens with one attached hydrogen (secondary N) is 1. The summed E-state index contributed by atoms with van der Waals surface area (Å²) in [7, 11) is 0. The van der Waals surface area contributed by atoms with Crippen molar-refractivity contribution in [1.82, 2.24) is 9.97 Å². The standard InChI is InChI=1S/C11H8ClF2N3O/c12-10-15-6-5-9(17-10)16-7-1-3-8(4-2-7)18-11(13)14/h1-6,11H,(H,15,16,17). The maximum absolute atomic E-state index is 11.9. The number of rotatable bonds is 4. The zero-order valence-corrected chi connectivity index (χ0v) is 9.73. The lowest BCUT2D eigenvalue weighted by atomic mass is 10.3. The highest BCUT2D eigenvalue weighted by Crippen LogP contribution is 2.20. The highest BCUT2D eigenvalue weighted by molar-refractivity contribution is 6.28. The Morgan fingerprint density at radius 1 is 1.17 bits per heavy atom. The van der Waals surface area contributed by atoms with Crippen LogP contribution < -0.4 is 10.1 Å². The SMILES string of the molecule is FC(F)Oc1ccc(Nc2ccnc(Cl)n2)cc1. The van der Waals surface area contributed by atoms with E-state index in [1.807, 2.05) is 0 Å². The fraction of sp³-hybridized carbons (Fsp3) is 0.0909. The summed E-state index contributed by atoms with van der Waals surface area (Å²) in [6.45, 7) is -2.83. The molecule has 0 unspecified atom stereocenters. The van der Waals surface area contributed by atoms with E-state index in [0.717, 1.165) is 0 Å². The first-order valence-electron chi connectivity index (χ1n) is 4.94. The molecule has 0 radical (unpaired) electrons. The molecule has 1 aromatic carbocycles. The highest BCUT2D eigenvalue weighted by atomic mass is 35.5. The molecule has 0 bridgehead atoms. The van der Waals surface area contributed by atoms with E-state index in [-0.39, 0.29) is 11.0 Å². The second-order valence-corrected chi connectivity index (χ2v) is 3.58. The van der Waals surface area contributed by atoms with Crippen molar-refractivity contribution < 1.29 is 13.5 Å². The number of hydrogen-bond acceptors (Lipinski definition) is 4. The Labute approximate surface area is 107 Å². The molecule has 0 aliphatic carbocycles. The number of ether oxygens (including phenoxy) is 1. The fourth-order valence-electron chi connectivity index (χ4n) is 1.27. The molecule has 0 saturated heterocycles. The Hall–Kier alpha value is -1.95. The van der Waals surface area contributed by atoms with Crippen molar-refractivity contribution in [3.05, 3.63) is 41.8 Å². The summed E-state index contributed by atoms with van der Waals surface area (Å²) in [6, 6.07) is 7.67. The van der Waals surface area contributed by atoms with Crippen LogP contribution in [0.1, 0.15) is 0 Å². The molecule has 18 heavy (non-hydrogen) atoms. The second kappa shape index (κ2) is 5.59. The van der Waals surface area contributed by atoms with E-state index >= 15 is 0 Å². The number of halogens is 3. The van der Waals surface area contributed by atoms with Gasteiger partial charge in [0.25, 0.3) is 0 Å². The maximum Gasteiger partial charge on any atom is 0.387 e. The lowest BCUT2D eigenvalue weighted by Crippen LogP contribution is -2.01. The van der Waals surface area contributed by atoms with Gasteiger partial charge in [-0.25, -0.2) is 9.97 Å². The van der Waals surface area contributed by atoms with Gasteiger partial charge >= 0.3 is 6.61 Å². The van der Waals surface area contributed by atoms with E-state index in [9.17, 15) is 8.78 Å². The fourth-order valence-corrected chi connectivity index (χ4v) is 1.42. The molecule has 1 heterocycles. The Bertz CT molecular complexity index is 522. The van der Waals surface area contributed by atoms with Crippen LogP contribution in [0.25, 0.3) is 0 Å². The van der Waals surface area contributed by atoms with Gasteiger partial charge in [0.15, 0.2) is 0 Å². The van der Waals surface area contributed by atoms with Gasteiger partial charge in [-0.05, 0) is 41.9 Å². The zero-order chi connectivity index (χ0) is 13.0. The van der Waals surface area contributed by atoms with E-state index in [1.165, 1.54) is 18.3 Å². The molecule has 4 nitrogen and oxygen atoms in total. The number of aromatic nitrogens is 2. The summed E-state index contributed by atoms with van der Waals surface area (Å²) in [5.41, 5.74) is 0.673. The minimum atomic E-state index is -2.83. The van der Waals surface area contributed by atoms with Crippen LogP contribution in [0.2, 0.25) is 5.28 Å². The van der Waals surface area contributed by atoms with E-state index in [0.29, 0.717) is 11.5 Å². The molecular formula is C11H8ClF2N3O. The van der Waals surface area contributed by atoms with Crippen LogP contribution in [0.3, 0.4) is 0 Å². The first kappa shape index (κ1) is 12.5. The largest absolute Gasteiger partial charge is 0.435 e. The first-order valence-corrected chi connectivity index (χ1v) is 5.32. The normalized spacial score (nSPS) is 10.4. The summed E-state index contributed by atoms with van der Waals surface area (Å²) in [5, 5.41) is 3.07. The van der Waals surface area contributed by atoms with Crippen LogP contribution in [-0.4, -0.2) is 16.6 Å². The van der Waals surface area contributed by atoms with Crippen LogP contribution in [0.15, 0.2) is 36.5 Å². The van der Waals surface area contributed by atoms with Gasteiger partial charge in [0.2, 0.25) is 5.28 Å². The van der Waals surface area contributed by atoms with Crippen molar-refractivity contribution in [3.8, 4) is 5.75 Å². The van der Waals surface area contributed by atoms with E-state index in [4.69, 9.17) is 11.6 Å². The predicted molar refractivity (Wildman–Crippen MR) is 63.4 cm³/mol. The quantitative estimate of drug-likeness (QED) is 0.865. The van der Waals surface area contributed by atoms with Gasteiger partial charge in [0.05, 0.1) is 0 Å². The van der Waals surface area contributed by atoms with Crippen molar-refractivity contribution in [2.75, 3.05) is 5.32 Å². The molecule has 0 aliphatic rings. The minimum Gasteiger partial charge on any atom is -0.435 e. The van der Waals surface area contributed by atoms with Crippen LogP contribution in [0, 0.1) is 0 Å². The van der Waals surface area contributed by atoms with Gasteiger partial charge in [-0.2, -0.15) is 8.78 Å². The van der Waals surface area contributed by atoms with Crippen molar-refractivity contribution in [2.24, 2.45) is 0 Å². The first-order chi connectivity index (χ1) is 8.63. The summed E-state index contributed by atoms with van der Waals surface area (Å²) in [6.07, 6.45) is 1.51. The molecule has 2 rings (SSSR count). The third-order valence-electron chi connectivity index (χ3n) is 1.98. The third-order valence-corrected chi connectivity index (χ3v) is 2.16. The minimum absolute atomic E-state index is 0.0938. The summed E-state index contributed by atoms with van der Waals surface area (Å²) >= 11 is 5.63. The molecule has 7 heteroatoms. The number of benzene rings is 1. The second-order valence-electron chi connectivity index (χ2n) is 3.24. The molecule has 0 atom stereocenters. The lowest BCUT2D eigenvalue weighted by Gasteiger charge is -2.07.